The minimum absolute atomic E-state index is 0.284. The zero-order valence-electron chi connectivity index (χ0n) is 10.9. The van der Waals surface area contributed by atoms with E-state index >= 15 is 0 Å². The predicted octanol–water partition coefficient (Wildman–Crippen LogP) is 3.23. The average molecular weight is 388 g/mol. The van der Waals surface area contributed by atoms with E-state index in [2.05, 4.69) is 72.4 Å². The largest absolute Gasteiger partial charge is 0.310 e. The summed E-state index contributed by atoms with van der Waals surface area (Å²) in [5.41, 5.74) is 1.25. The van der Waals surface area contributed by atoms with Gasteiger partial charge >= 0.3 is 0 Å². The van der Waals surface area contributed by atoms with Crippen LogP contribution in [0.2, 0.25) is 0 Å². The molecule has 102 valence electrons. The van der Waals surface area contributed by atoms with Gasteiger partial charge in [0.1, 0.15) is 6.33 Å². The van der Waals surface area contributed by atoms with Crippen molar-refractivity contribution in [1.29, 1.82) is 0 Å². The van der Waals surface area contributed by atoms with Crippen LogP contribution in [-0.4, -0.2) is 21.3 Å². The molecule has 1 aromatic carbocycles. The van der Waals surface area contributed by atoms with Gasteiger partial charge in [-0.2, -0.15) is 5.10 Å². The fourth-order valence-corrected chi connectivity index (χ4v) is 3.25. The number of rotatable bonds is 5. The standard InChI is InChI=1S/C13H16Br2N4/c1-9(11-4-3-10(14)7-12(11)15)16-6-5-13-17-8-19(2)18-13/h3-4,7-9,16H,5-6H2,1-2H3. The number of nitrogens with zero attached hydrogens (tertiary/aromatic N) is 3. The summed E-state index contributed by atoms with van der Waals surface area (Å²) in [6, 6.07) is 6.52. The molecular weight excluding hydrogens is 372 g/mol. The van der Waals surface area contributed by atoms with Crippen molar-refractivity contribution in [3.63, 3.8) is 0 Å². The van der Waals surface area contributed by atoms with Crippen LogP contribution in [0.4, 0.5) is 0 Å². The lowest BCUT2D eigenvalue weighted by Crippen LogP contribution is -2.22. The molecule has 2 rings (SSSR count). The van der Waals surface area contributed by atoms with Gasteiger partial charge in [0.2, 0.25) is 0 Å². The molecule has 1 unspecified atom stereocenters. The second kappa shape index (κ2) is 6.63. The molecule has 4 nitrogen and oxygen atoms in total. The van der Waals surface area contributed by atoms with E-state index in [1.54, 1.807) is 11.0 Å². The van der Waals surface area contributed by atoms with Crippen LogP contribution >= 0.6 is 31.9 Å². The van der Waals surface area contributed by atoms with Crippen LogP contribution in [0.3, 0.4) is 0 Å². The molecule has 0 aliphatic rings. The summed E-state index contributed by atoms with van der Waals surface area (Å²) in [5.74, 6) is 0.872. The first-order valence-electron chi connectivity index (χ1n) is 6.09. The predicted molar refractivity (Wildman–Crippen MR) is 83.0 cm³/mol. The molecule has 6 heteroatoms. The summed E-state index contributed by atoms with van der Waals surface area (Å²) >= 11 is 7.05. The van der Waals surface area contributed by atoms with Gasteiger partial charge in [0.05, 0.1) is 0 Å². The van der Waals surface area contributed by atoms with E-state index in [1.807, 2.05) is 7.05 Å². The summed E-state index contributed by atoms with van der Waals surface area (Å²) in [7, 11) is 1.88. The first-order valence-corrected chi connectivity index (χ1v) is 7.67. The van der Waals surface area contributed by atoms with Crippen LogP contribution in [0.5, 0.6) is 0 Å². The van der Waals surface area contributed by atoms with Gasteiger partial charge in [0.25, 0.3) is 0 Å². The molecule has 1 atom stereocenters. The molecule has 0 spiro atoms. The highest BCUT2D eigenvalue weighted by atomic mass is 79.9. The molecule has 19 heavy (non-hydrogen) atoms. The van der Waals surface area contributed by atoms with Gasteiger partial charge < -0.3 is 5.32 Å². The third-order valence-corrected chi connectivity index (χ3v) is 4.06. The number of aromatic nitrogens is 3. The van der Waals surface area contributed by atoms with E-state index < -0.39 is 0 Å². The summed E-state index contributed by atoms with van der Waals surface area (Å²) in [6.45, 7) is 3.01. The van der Waals surface area contributed by atoms with Crippen LogP contribution in [-0.2, 0) is 13.5 Å². The van der Waals surface area contributed by atoms with Crippen molar-refractivity contribution in [1.82, 2.24) is 20.1 Å². The van der Waals surface area contributed by atoms with Gasteiger partial charge in [-0.05, 0) is 24.6 Å². The van der Waals surface area contributed by atoms with Crippen molar-refractivity contribution >= 4 is 31.9 Å². The Morgan fingerprint density at radius 3 is 2.79 bits per heavy atom. The molecule has 0 radical (unpaired) electrons. The topological polar surface area (TPSA) is 42.7 Å². The van der Waals surface area contributed by atoms with Crippen molar-refractivity contribution in [3.8, 4) is 0 Å². The number of benzene rings is 1. The summed E-state index contributed by atoms with van der Waals surface area (Å²) in [4.78, 5) is 4.21. The first-order chi connectivity index (χ1) is 9.06. The van der Waals surface area contributed by atoms with Crippen LogP contribution in [0.1, 0.15) is 24.4 Å². The molecule has 0 amide bonds. The van der Waals surface area contributed by atoms with Crippen molar-refractivity contribution in [2.75, 3.05) is 6.54 Å². The second-order valence-corrected chi connectivity index (χ2v) is 6.20. The van der Waals surface area contributed by atoms with Crippen LogP contribution in [0, 0.1) is 0 Å². The molecule has 0 aliphatic carbocycles. The third-order valence-electron chi connectivity index (χ3n) is 2.88. The quantitative estimate of drug-likeness (QED) is 0.856. The van der Waals surface area contributed by atoms with Gasteiger partial charge in [0.15, 0.2) is 5.82 Å². The van der Waals surface area contributed by atoms with E-state index in [0.29, 0.717) is 0 Å². The molecule has 1 aromatic heterocycles. The van der Waals surface area contributed by atoms with Gasteiger partial charge in [-0.15, -0.1) is 0 Å². The molecular formula is C13H16Br2N4. The lowest BCUT2D eigenvalue weighted by molar-refractivity contribution is 0.567. The summed E-state index contributed by atoms with van der Waals surface area (Å²) in [6.07, 6.45) is 2.56. The van der Waals surface area contributed by atoms with Crippen molar-refractivity contribution in [3.05, 3.63) is 44.9 Å². The van der Waals surface area contributed by atoms with E-state index in [-0.39, 0.29) is 6.04 Å². The van der Waals surface area contributed by atoms with Gasteiger partial charge in [0, 0.05) is 35.0 Å². The molecule has 0 saturated heterocycles. The number of nitrogens with one attached hydrogen (secondary N) is 1. The van der Waals surface area contributed by atoms with E-state index in [4.69, 9.17) is 0 Å². The highest BCUT2D eigenvalue weighted by molar-refractivity contribution is 9.11. The highest BCUT2D eigenvalue weighted by Crippen LogP contribution is 2.26. The average Bonchev–Trinajstić information content (AvgIpc) is 2.75. The van der Waals surface area contributed by atoms with E-state index in [0.717, 1.165) is 27.7 Å². The fourth-order valence-electron chi connectivity index (χ4n) is 1.86. The third kappa shape index (κ3) is 4.12. The molecule has 2 aromatic rings. The summed E-state index contributed by atoms with van der Waals surface area (Å²) in [5, 5.41) is 7.74. The zero-order valence-corrected chi connectivity index (χ0v) is 14.1. The Hall–Kier alpha value is -0.720. The lowest BCUT2D eigenvalue weighted by Gasteiger charge is -2.15. The SMILES string of the molecule is CC(NCCc1ncn(C)n1)c1ccc(Br)cc1Br. The van der Waals surface area contributed by atoms with Crippen molar-refractivity contribution in [2.24, 2.45) is 7.05 Å². The van der Waals surface area contributed by atoms with Crippen molar-refractivity contribution < 1.29 is 0 Å². The molecule has 0 fully saturated rings. The molecule has 0 bridgehead atoms. The zero-order chi connectivity index (χ0) is 13.8. The van der Waals surface area contributed by atoms with Gasteiger partial charge in [-0.25, -0.2) is 4.98 Å². The lowest BCUT2D eigenvalue weighted by atomic mass is 10.1. The fraction of sp³-hybridized carbons (Fsp3) is 0.385. The number of aryl methyl sites for hydroxylation is 1. The van der Waals surface area contributed by atoms with Crippen LogP contribution in [0.25, 0.3) is 0 Å². The van der Waals surface area contributed by atoms with Crippen LogP contribution < -0.4 is 5.32 Å². The minimum atomic E-state index is 0.284. The Morgan fingerprint density at radius 1 is 1.37 bits per heavy atom. The number of hydrogen-bond donors (Lipinski definition) is 1. The Morgan fingerprint density at radius 2 is 2.16 bits per heavy atom. The van der Waals surface area contributed by atoms with Crippen LogP contribution in [0.15, 0.2) is 33.5 Å². The van der Waals surface area contributed by atoms with Crippen molar-refractivity contribution in [2.45, 2.75) is 19.4 Å². The smallest absolute Gasteiger partial charge is 0.151 e. The molecule has 1 heterocycles. The van der Waals surface area contributed by atoms with E-state index in [9.17, 15) is 0 Å². The Bertz CT molecular complexity index is 553. The maximum absolute atomic E-state index is 4.26. The minimum Gasteiger partial charge on any atom is -0.310 e. The van der Waals surface area contributed by atoms with Gasteiger partial charge in [-0.3, -0.25) is 4.68 Å². The molecule has 1 N–H and O–H groups in total. The summed E-state index contributed by atoms with van der Waals surface area (Å²) < 4.78 is 3.91. The molecule has 0 saturated carbocycles. The maximum Gasteiger partial charge on any atom is 0.151 e. The Labute approximate surface area is 129 Å². The molecule has 0 aliphatic heterocycles. The second-order valence-electron chi connectivity index (χ2n) is 4.43. The normalized spacial score (nSPS) is 12.6. The number of halogens is 2. The monoisotopic (exact) mass is 386 g/mol. The van der Waals surface area contributed by atoms with E-state index in [1.165, 1.54) is 5.56 Å². The maximum atomic E-state index is 4.26. The Kier molecular flexibility index (Phi) is 5.13. The Balaban J connectivity index is 1.88. The van der Waals surface area contributed by atoms with Gasteiger partial charge in [-0.1, -0.05) is 37.9 Å². The number of hydrogen-bond acceptors (Lipinski definition) is 3. The highest BCUT2D eigenvalue weighted by Gasteiger charge is 2.09. The first kappa shape index (κ1) is 14.7.